The molecule has 3 aliphatic rings. The summed E-state index contributed by atoms with van der Waals surface area (Å²) in [5.74, 6) is 0.838. The van der Waals surface area contributed by atoms with Crippen molar-refractivity contribution in [3.63, 3.8) is 0 Å². The summed E-state index contributed by atoms with van der Waals surface area (Å²) in [5.41, 5.74) is 0.676. The highest BCUT2D eigenvalue weighted by molar-refractivity contribution is 5.08. The summed E-state index contributed by atoms with van der Waals surface area (Å²) >= 11 is 0. The lowest BCUT2D eigenvalue weighted by Gasteiger charge is -2.64. The van der Waals surface area contributed by atoms with Gasteiger partial charge in [0.05, 0.1) is 0 Å². The summed E-state index contributed by atoms with van der Waals surface area (Å²) in [6.45, 7) is 19.8. The summed E-state index contributed by atoms with van der Waals surface area (Å²) < 4.78 is 0. The van der Waals surface area contributed by atoms with Crippen LogP contribution >= 0.6 is 0 Å². The van der Waals surface area contributed by atoms with Gasteiger partial charge in [-0.15, -0.1) is 0 Å². The van der Waals surface area contributed by atoms with E-state index in [4.69, 9.17) is 0 Å². The molecule has 0 aromatic heterocycles. The van der Waals surface area contributed by atoms with Gasteiger partial charge in [0.2, 0.25) is 0 Å². The summed E-state index contributed by atoms with van der Waals surface area (Å²) in [7, 11) is 0. The molecule has 3 atom stereocenters. The summed E-state index contributed by atoms with van der Waals surface area (Å²) in [5, 5.41) is 0. The lowest BCUT2D eigenvalue weighted by atomic mass is 9.70. The highest BCUT2D eigenvalue weighted by atomic mass is 15.3. The fourth-order valence-electron chi connectivity index (χ4n) is 4.78. The van der Waals surface area contributed by atoms with Crippen LogP contribution in [-0.2, 0) is 0 Å². The van der Waals surface area contributed by atoms with Crippen molar-refractivity contribution < 1.29 is 0 Å². The Bertz CT molecular complexity index is 340. The molecule has 0 N–H and O–H groups in total. The largest absolute Gasteiger partial charge is 0.301 e. The number of rotatable bonds is 3. The van der Waals surface area contributed by atoms with E-state index in [1.807, 2.05) is 0 Å². The molecule has 3 heterocycles. The van der Waals surface area contributed by atoms with Gasteiger partial charge in [0.1, 0.15) is 0 Å². The molecule has 3 nitrogen and oxygen atoms in total. The van der Waals surface area contributed by atoms with Crippen LogP contribution in [0.4, 0.5) is 0 Å². The molecule has 0 radical (unpaired) electrons. The normalized spacial score (nSPS) is 39.0. The number of hydrogen-bond acceptors (Lipinski definition) is 3. The van der Waals surface area contributed by atoms with Crippen molar-refractivity contribution in [3.8, 4) is 0 Å². The van der Waals surface area contributed by atoms with E-state index in [2.05, 4.69) is 49.3 Å². The Kier molecular flexibility index (Phi) is 3.89. The van der Waals surface area contributed by atoms with Crippen molar-refractivity contribution in [1.29, 1.82) is 0 Å². The van der Waals surface area contributed by atoms with Crippen molar-refractivity contribution >= 4 is 0 Å². The van der Waals surface area contributed by atoms with Crippen LogP contribution in [0.25, 0.3) is 0 Å². The first-order valence-corrected chi connectivity index (χ1v) is 8.66. The van der Waals surface area contributed by atoms with Crippen molar-refractivity contribution in [3.05, 3.63) is 0 Å². The fourth-order valence-corrected chi connectivity index (χ4v) is 4.78. The van der Waals surface area contributed by atoms with Gasteiger partial charge in [0, 0.05) is 56.3 Å². The van der Waals surface area contributed by atoms with Gasteiger partial charge >= 0.3 is 0 Å². The molecule has 0 aliphatic carbocycles. The lowest BCUT2D eigenvalue weighted by molar-refractivity contribution is -0.154. The second-order valence-corrected chi connectivity index (χ2v) is 8.12. The molecule has 3 heteroatoms. The van der Waals surface area contributed by atoms with Gasteiger partial charge in [-0.05, 0) is 39.7 Å². The zero-order chi connectivity index (χ0) is 14.5. The molecule has 0 bridgehead atoms. The lowest BCUT2D eigenvalue weighted by Crippen LogP contribution is -2.75. The summed E-state index contributed by atoms with van der Waals surface area (Å²) in [6.07, 6.45) is 1.37. The zero-order valence-corrected chi connectivity index (χ0v) is 14.1. The molecule has 116 valence electrons. The molecule has 3 saturated heterocycles. The maximum atomic E-state index is 2.80. The Hall–Kier alpha value is -0.120. The minimum absolute atomic E-state index is 0.676. The van der Waals surface area contributed by atoms with Crippen LogP contribution in [0.2, 0.25) is 0 Å². The first kappa shape index (κ1) is 14.8. The van der Waals surface area contributed by atoms with Crippen molar-refractivity contribution in [2.45, 2.75) is 59.2 Å². The maximum absolute atomic E-state index is 2.80. The Balaban J connectivity index is 1.51. The molecule has 0 aromatic carbocycles. The van der Waals surface area contributed by atoms with Crippen LogP contribution in [0, 0.1) is 11.3 Å². The third-order valence-electron chi connectivity index (χ3n) is 6.14. The average Bonchev–Trinajstić information content (AvgIpc) is 2.28. The van der Waals surface area contributed by atoms with E-state index in [9.17, 15) is 0 Å². The van der Waals surface area contributed by atoms with Gasteiger partial charge in [-0.1, -0.05) is 13.8 Å². The first-order valence-electron chi connectivity index (χ1n) is 8.66. The Labute approximate surface area is 125 Å². The predicted molar refractivity (Wildman–Crippen MR) is 85.0 cm³/mol. The Morgan fingerprint density at radius 3 is 2.30 bits per heavy atom. The van der Waals surface area contributed by atoms with Gasteiger partial charge in [0.15, 0.2) is 0 Å². The Morgan fingerprint density at radius 1 is 1.10 bits per heavy atom. The fraction of sp³-hybridized carbons (Fsp3) is 1.00. The maximum Gasteiger partial charge on any atom is 0.0212 e. The van der Waals surface area contributed by atoms with Crippen molar-refractivity contribution in [2.24, 2.45) is 11.3 Å². The third kappa shape index (κ3) is 2.42. The molecule has 3 rings (SSSR count). The van der Waals surface area contributed by atoms with Crippen LogP contribution < -0.4 is 0 Å². The number of nitrogens with zero attached hydrogens (tertiary/aromatic N) is 3. The van der Waals surface area contributed by atoms with E-state index in [0.29, 0.717) is 5.41 Å². The van der Waals surface area contributed by atoms with Crippen molar-refractivity contribution in [2.75, 3.05) is 39.3 Å². The van der Waals surface area contributed by atoms with Crippen LogP contribution in [0.15, 0.2) is 0 Å². The predicted octanol–water partition coefficient (Wildman–Crippen LogP) is 2.13. The molecule has 20 heavy (non-hydrogen) atoms. The van der Waals surface area contributed by atoms with Crippen LogP contribution in [-0.4, -0.2) is 72.1 Å². The molecule has 0 amide bonds. The first-order chi connectivity index (χ1) is 9.44. The van der Waals surface area contributed by atoms with E-state index in [1.54, 1.807) is 0 Å². The molecule has 0 saturated carbocycles. The smallest absolute Gasteiger partial charge is 0.0212 e. The number of hydrogen-bond donors (Lipinski definition) is 0. The standard InChI is InChI=1S/C17H33N3/c1-6-18-8-14(4)16(7-15(18)5)20-11-17(12-20)9-19(10-17)13(2)3/h13-16H,6-12H2,1-5H3/t14-,15-,16?/m1/s1. The van der Waals surface area contributed by atoms with Crippen LogP contribution in [0.1, 0.15) is 41.0 Å². The second kappa shape index (κ2) is 5.26. The third-order valence-corrected chi connectivity index (χ3v) is 6.14. The zero-order valence-electron chi connectivity index (χ0n) is 14.1. The van der Waals surface area contributed by atoms with E-state index in [0.717, 1.165) is 24.0 Å². The highest BCUT2D eigenvalue weighted by Crippen LogP contribution is 2.43. The van der Waals surface area contributed by atoms with E-state index < -0.39 is 0 Å². The molecule has 1 spiro atoms. The Morgan fingerprint density at radius 2 is 1.75 bits per heavy atom. The minimum Gasteiger partial charge on any atom is -0.301 e. The van der Waals surface area contributed by atoms with Gasteiger partial charge in [0.25, 0.3) is 0 Å². The number of piperidine rings is 1. The topological polar surface area (TPSA) is 9.72 Å². The van der Waals surface area contributed by atoms with Crippen LogP contribution in [0.5, 0.6) is 0 Å². The molecule has 3 aliphatic heterocycles. The van der Waals surface area contributed by atoms with Crippen LogP contribution in [0.3, 0.4) is 0 Å². The van der Waals surface area contributed by atoms with Gasteiger partial charge in [-0.25, -0.2) is 0 Å². The van der Waals surface area contributed by atoms with E-state index in [-0.39, 0.29) is 0 Å². The van der Waals surface area contributed by atoms with E-state index >= 15 is 0 Å². The molecule has 0 aromatic rings. The summed E-state index contributed by atoms with van der Waals surface area (Å²) in [6, 6.07) is 2.35. The van der Waals surface area contributed by atoms with Gasteiger partial charge in [-0.2, -0.15) is 0 Å². The monoisotopic (exact) mass is 279 g/mol. The molecule has 1 unspecified atom stereocenters. The highest BCUT2D eigenvalue weighted by Gasteiger charge is 2.54. The van der Waals surface area contributed by atoms with E-state index in [1.165, 1.54) is 45.7 Å². The SMILES string of the molecule is CCN1C[C@@H](C)C(N2CC3(CN(C(C)C)C3)C2)C[C@H]1C. The van der Waals surface area contributed by atoms with Crippen molar-refractivity contribution in [1.82, 2.24) is 14.7 Å². The average molecular weight is 279 g/mol. The molecule has 3 fully saturated rings. The summed E-state index contributed by atoms with van der Waals surface area (Å²) in [4.78, 5) is 8.08. The van der Waals surface area contributed by atoms with Gasteiger partial charge in [-0.3, -0.25) is 9.80 Å². The second-order valence-electron chi connectivity index (χ2n) is 8.12. The quantitative estimate of drug-likeness (QED) is 0.783. The van der Waals surface area contributed by atoms with Gasteiger partial charge < -0.3 is 4.90 Å². The minimum atomic E-state index is 0.676. The number of likely N-dealkylation sites (tertiary alicyclic amines) is 3. The molecular weight excluding hydrogens is 246 g/mol. The molecular formula is C17H33N3.